The van der Waals surface area contributed by atoms with Crippen LogP contribution in [0.5, 0.6) is 11.5 Å². The van der Waals surface area contributed by atoms with Gasteiger partial charge in [-0.05, 0) is 19.0 Å². The number of rotatable bonds is 8. The Kier molecular flexibility index (Phi) is 8.01. The summed E-state index contributed by atoms with van der Waals surface area (Å²) in [6.07, 6.45) is -4.70. The lowest BCUT2D eigenvalue weighted by molar-refractivity contribution is -0.136. The molecule has 0 bridgehead atoms. The molecule has 2 heterocycles. The first kappa shape index (κ1) is 24.6. The van der Waals surface area contributed by atoms with E-state index >= 15 is 0 Å². The molecule has 0 radical (unpaired) electrons. The van der Waals surface area contributed by atoms with E-state index in [0.717, 1.165) is 5.56 Å². The quantitative estimate of drug-likeness (QED) is 0.646. The molecule has 0 atom stereocenters. The predicted octanol–water partition coefficient (Wildman–Crippen LogP) is 3.00. The van der Waals surface area contributed by atoms with E-state index in [0.29, 0.717) is 31.0 Å². The summed E-state index contributed by atoms with van der Waals surface area (Å²) in [6, 6.07) is 8.58. The summed E-state index contributed by atoms with van der Waals surface area (Å²) in [6.45, 7) is 1.65. The van der Waals surface area contributed by atoms with Gasteiger partial charge in [-0.1, -0.05) is 18.2 Å². The summed E-state index contributed by atoms with van der Waals surface area (Å²) in [5, 5.41) is 2.86. The highest BCUT2D eigenvalue weighted by Gasteiger charge is 2.28. The van der Waals surface area contributed by atoms with Crippen LogP contribution in [0.25, 0.3) is 0 Å². The third-order valence-electron chi connectivity index (χ3n) is 5.70. The van der Waals surface area contributed by atoms with Crippen molar-refractivity contribution >= 4 is 5.91 Å². The van der Waals surface area contributed by atoms with Gasteiger partial charge in [0, 0.05) is 56.3 Å². The molecule has 180 valence electrons. The summed E-state index contributed by atoms with van der Waals surface area (Å²) in [5.74, 6) is 0.420. The SMILES string of the molecule is COc1ccccc1CNC(=O)c1c(OC)cc(=O)n2c1CCN(CCCC(F)(F)F)CC2. The Morgan fingerprint density at radius 2 is 1.82 bits per heavy atom. The third kappa shape index (κ3) is 6.28. The molecule has 1 aromatic carbocycles. The molecule has 7 nitrogen and oxygen atoms in total. The minimum Gasteiger partial charge on any atom is -0.496 e. The molecule has 0 fully saturated rings. The van der Waals surface area contributed by atoms with Crippen molar-refractivity contribution in [3.8, 4) is 11.5 Å². The molecule has 0 spiro atoms. The van der Waals surface area contributed by atoms with Crippen molar-refractivity contribution in [1.29, 1.82) is 0 Å². The number of ether oxygens (including phenoxy) is 2. The molecule has 1 aliphatic rings. The zero-order valence-corrected chi connectivity index (χ0v) is 18.7. The van der Waals surface area contributed by atoms with Gasteiger partial charge in [-0.15, -0.1) is 0 Å². The number of nitrogens with one attached hydrogen (secondary N) is 1. The lowest BCUT2D eigenvalue weighted by Gasteiger charge is -2.19. The van der Waals surface area contributed by atoms with Crippen molar-refractivity contribution in [3.63, 3.8) is 0 Å². The van der Waals surface area contributed by atoms with Crippen LogP contribution < -0.4 is 20.3 Å². The third-order valence-corrected chi connectivity index (χ3v) is 5.70. The number of hydrogen-bond acceptors (Lipinski definition) is 5. The van der Waals surface area contributed by atoms with E-state index in [-0.39, 0.29) is 42.9 Å². The number of alkyl halides is 3. The Morgan fingerprint density at radius 1 is 1.09 bits per heavy atom. The summed E-state index contributed by atoms with van der Waals surface area (Å²) in [7, 11) is 2.94. The lowest BCUT2D eigenvalue weighted by Crippen LogP contribution is -2.31. The standard InChI is InChI=1S/C23H28F3N3O4/c1-32-18-7-4-3-6-16(18)15-27-22(31)21-17-8-11-28(10-5-9-23(24,25)26)12-13-29(17)20(30)14-19(21)33-2/h3-4,6-7,14H,5,8-13,15H2,1-2H3,(H,27,31). The summed E-state index contributed by atoms with van der Waals surface area (Å²) in [4.78, 5) is 27.7. The number of para-hydroxylation sites is 1. The Morgan fingerprint density at radius 3 is 2.52 bits per heavy atom. The van der Waals surface area contributed by atoms with Crippen LogP contribution in [-0.4, -0.2) is 55.4 Å². The Balaban J connectivity index is 1.79. The Hall–Kier alpha value is -3.01. The van der Waals surface area contributed by atoms with Crippen molar-refractivity contribution in [2.45, 2.75) is 38.5 Å². The normalized spacial score (nSPS) is 14.3. The molecule has 1 N–H and O–H groups in total. The van der Waals surface area contributed by atoms with Crippen LogP contribution in [0.4, 0.5) is 13.2 Å². The highest BCUT2D eigenvalue weighted by Crippen LogP contribution is 2.25. The second kappa shape index (κ2) is 10.7. The summed E-state index contributed by atoms with van der Waals surface area (Å²) >= 11 is 0. The molecule has 10 heteroatoms. The molecule has 3 rings (SSSR count). The zero-order chi connectivity index (χ0) is 24.0. The van der Waals surface area contributed by atoms with Crippen LogP contribution in [0.15, 0.2) is 35.1 Å². The van der Waals surface area contributed by atoms with Crippen molar-refractivity contribution in [2.24, 2.45) is 0 Å². The highest BCUT2D eigenvalue weighted by atomic mass is 19.4. The minimum absolute atomic E-state index is 0.00961. The molecular weight excluding hydrogens is 439 g/mol. The number of amides is 1. The van der Waals surface area contributed by atoms with Crippen LogP contribution in [0.2, 0.25) is 0 Å². The maximum atomic E-state index is 13.2. The first-order valence-electron chi connectivity index (χ1n) is 10.7. The van der Waals surface area contributed by atoms with Crippen LogP contribution >= 0.6 is 0 Å². The van der Waals surface area contributed by atoms with E-state index in [9.17, 15) is 22.8 Å². The molecule has 1 amide bonds. The monoisotopic (exact) mass is 467 g/mol. The number of benzene rings is 1. The number of fused-ring (bicyclic) bond motifs is 1. The molecule has 1 aliphatic heterocycles. The van der Waals surface area contributed by atoms with E-state index in [4.69, 9.17) is 9.47 Å². The average molecular weight is 467 g/mol. The van der Waals surface area contributed by atoms with Crippen molar-refractivity contribution in [3.05, 3.63) is 57.5 Å². The van der Waals surface area contributed by atoms with Crippen molar-refractivity contribution in [1.82, 2.24) is 14.8 Å². The van der Waals surface area contributed by atoms with Gasteiger partial charge in [-0.3, -0.25) is 9.59 Å². The van der Waals surface area contributed by atoms with E-state index in [1.165, 1.54) is 17.7 Å². The number of carbonyl (C=O) groups excluding carboxylic acids is 1. The second-order valence-corrected chi connectivity index (χ2v) is 7.83. The summed E-state index contributed by atoms with van der Waals surface area (Å²) in [5.41, 5.74) is 1.28. The van der Waals surface area contributed by atoms with Crippen LogP contribution in [0, 0.1) is 0 Å². The number of pyridine rings is 1. The average Bonchev–Trinajstić information content (AvgIpc) is 3.00. The zero-order valence-electron chi connectivity index (χ0n) is 18.7. The molecule has 0 saturated heterocycles. The maximum Gasteiger partial charge on any atom is 0.389 e. The first-order chi connectivity index (χ1) is 15.7. The Bertz CT molecular complexity index is 1040. The molecule has 33 heavy (non-hydrogen) atoms. The van der Waals surface area contributed by atoms with Gasteiger partial charge < -0.3 is 24.3 Å². The minimum atomic E-state index is -4.19. The fourth-order valence-electron chi connectivity index (χ4n) is 4.04. The van der Waals surface area contributed by atoms with Crippen LogP contribution in [0.3, 0.4) is 0 Å². The van der Waals surface area contributed by atoms with E-state index in [1.54, 1.807) is 13.2 Å². The smallest absolute Gasteiger partial charge is 0.389 e. The summed E-state index contributed by atoms with van der Waals surface area (Å²) < 4.78 is 49.7. The highest BCUT2D eigenvalue weighted by molar-refractivity contribution is 5.98. The number of aromatic nitrogens is 1. The number of halogens is 3. The van der Waals surface area contributed by atoms with Crippen LogP contribution in [-0.2, 0) is 19.5 Å². The molecule has 0 saturated carbocycles. The molecule has 0 aliphatic carbocycles. The van der Waals surface area contributed by atoms with E-state index in [2.05, 4.69) is 5.32 Å². The van der Waals surface area contributed by atoms with Crippen LogP contribution in [0.1, 0.15) is 34.5 Å². The van der Waals surface area contributed by atoms with Gasteiger partial charge in [0.1, 0.15) is 17.1 Å². The molecule has 0 unspecified atom stereocenters. The topological polar surface area (TPSA) is 72.8 Å². The number of hydrogen-bond donors (Lipinski definition) is 1. The van der Waals surface area contributed by atoms with Crippen molar-refractivity contribution in [2.75, 3.05) is 33.9 Å². The fraction of sp³-hybridized carbons (Fsp3) is 0.478. The Labute approximate surface area is 190 Å². The van der Waals surface area contributed by atoms with Gasteiger partial charge in [0.15, 0.2) is 0 Å². The fourth-order valence-corrected chi connectivity index (χ4v) is 4.04. The second-order valence-electron chi connectivity index (χ2n) is 7.83. The van der Waals surface area contributed by atoms with Gasteiger partial charge in [0.25, 0.3) is 11.5 Å². The van der Waals surface area contributed by atoms with Gasteiger partial charge in [0.05, 0.1) is 14.2 Å². The van der Waals surface area contributed by atoms with E-state index < -0.39 is 18.5 Å². The van der Waals surface area contributed by atoms with Gasteiger partial charge >= 0.3 is 6.18 Å². The van der Waals surface area contributed by atoms with E-state index in [1.807, 2.05) is 23.1 Å². The first-order valence-corrected chi connectivity index (χ1v) is 10.7. The molecular formula is C23H28F3N3O4. The van der Waals surface area contributed by atoms with Gasteiger partial charge in [-0.2, -0.15) is 13.2 Å². The number of nitrogens with zero attached hydrogens (tertiary/aromatic N) is 2. The maximum absolute atomic E-state index is 13.2. The molecule has 2 aromatic rings. The number of carbonyl (C=O) groups is 1. The largest absolute Gasteiger partial charge is 0.496 e. The number of methoxy groups -OCH3 is 2. The van der Waals surface area contributed by atoms with Crippen molar-refractivity contribution < 1.29 is 27.4 Å². The lowest BCUT2D eigenvalue weighted by atomic mass is 10.1. The molecule has 1 aromatic heterocycles. The predicted molar refractivity (Wildman–Crippen MR) is 117 cm³/mol. The van der Waals surface area contributed by atoms with Gasteiger partial charge in [0.2, 0.25) is 0 Å². The van der Waals surface area contributed by atoms with Gasteiger partial charge in [-0.25, -0.2) is 0 Å².